The first kappa shape index (κ1) is 18.4. The smallest absolute Gasteiger partial charge is 0.261 e. The number of hydrogen-bond donors (Lipinski definition) is 1. The Kier molecular flexibility index (Phi) is 4.74. The van der Waals surface area contributed by atoms with Crippen molar-refractivity contribution in [1.82, 2.24) is 19.4 Å². The Morgan fingerprint density at radius 1 is 1.21 bits per heavy atom. The van der Waals surface area contributed by atoms with Gasteiger partial charge in [-0.25, -0.2) is 9.97 Å². The maximum absolute atomic E-state index is 12.4. The van der Waals surface area contributed by atoms with Gasteiger partial charge in [0.25, 0.3) is 5.56 Å². The molecule has 0 spiro atoms. The van der Waals surface area contributed by atoms with E-state index in [9.17, 15) is 9.90 Å². The first-order valence-corrected chi connectivity index (χ1v) is 8.97. The lowest BCUT2D eigenvalue weighted by atomic mass is 10.00. The number of aliphatic hydroxyl groups excluding tert-OH is 1. The van der Waals surface area contributed by atoms with Crippen LogP contribution in [0.2, 0.25) is 0 Å². The van der Waals surface area contributed by atoms with Gasteiger partial charge >= 0.3 is 0 Å². The van der Waals surface area contributed by atoms with Gasteiger partial charge in [-0.05, 0) is 17.7 Å². The molecule has 8 heteroatoms. The molecule has 4 rings (SSSR count). The zero-order valence-electron chi connectivity index (χ0n) is 16.0. The highest BCUT2D eigenvalue weighted by atomic mass is 16.5. The number of aryl methyl sites for hydroxylation is 1. The van der Waals surface area contributed by atoms with E-state index >= 15 is 0 Å². The lowest BCUT2D eigenvalue weighted by molar-refractivity contribution is -0.00358. The Bertz CT molecular complexity index is 1060. The molecule has 146 valence electrons. The topological polar surface area (TPSA) is 89.7 Å². The molecule has 0 radical (unpaired) electrons. The zero-order valence-corrected chi connectivity index (χ0v) is 16.0. The molecule has 0 saturated carbocycles. The number of aliphatic hydroxyl groups is 1. The highest BCUT2D eigenvalue weighted by Crippen LogP contribution is 2.37. The Labute approximate surface area is 162 Å². The summed E-state index contributed by atoms with van der Waals surface area (Å²) in [6.45, 7) is 1.90. The van der Waals surface area contributed by atoms with Crippen molar-refractivity contribution in [2.75, 3.05) is 27.3 Å². The molecule has 28 heavy (non-hydrogen) atoms. The van der Waals surface area contributed by atoms with Crippen LogP contribution in [0.25, 0.3) is 22.0 Å². The second-order valence-electron chi connectivity index (χ2n) is 6.95. The van der Waals surface area contributed by atoms with E-state index < -0.39 is 0 Å². The van der Waals surface area contributed by atoms with Crippen molar-refractivity contribution < 1.29 is 14.6 Å². The molecule has 1 N–H and O–H groups in total. The number of aromatic nitrogens is 3. The van der Waals surface area contributed by atoms with Crippen molar-refractivity contribution in [3.05, 3.63) is 46.8 Å². The minimum Gasteiger partial charge on any atom is -0.496 e. The average Bonchev–Trinajstić information content (AvgIpc) is 2.69. The van der Waals surface area contributed by atoms with Gasteiger partial charge in [0.1, 0.15) is 17.8 Å². The number of pyridine rings is 1. The standard InChI is InChI=1S/C20H22N4O4/c1-23-9-15(19-14(20(23)26)6-21-11-22-19)12-4-17(27-2)16(18(5-12)28-3)10-24-7-13(25)8-24/h4-6,9,11,13,25H,7-8,10H2,1-3H3. The summed E-state index contributed by atoms with van der Waals surface area (Å²) in [5, 5.41) is 10.0. The number of hydrogen-bond acceptors (Lipinski definition) is 7. The van der Waals surface area contributed by atoms with Crippen LogP contribution in [0.5, 0.6) is 11.5 Å². The Morgan fingerprint density at radius 2 is 1.89 bits per heavy atom. The van der Waals surface area contributed by atoms with Crippen LogP contribution in [-0.2, 0) is 13.6 Å². The van der Waals surface area contributed by atoms with Gasteiger partial charge < -0.3 is 19.1 Å². The molecule has 0 atom stereocenters. The Balaban J connectivity index is 1.86. The fourth-order valence-electron chi connectivity index (χ4n) is 3.61. The van der Waals surface area contributed by atoms with Crippen LogP contribution in [-0.4, -0.2) is 58.0 Å². The molecule has 3 aromatic rings. The van der Waals surface area contributed by atoms with E-state index in [4.69, 9.17) is 9.47 Å². The highest BCUT2D eigenvalue weighted by molar-refractivity contribution is 5.92. The molecule has 1 aromatic carbocycles. The van der Waals surface area contributed by atoms with E-state index in [1.54, 1.807) is 27.5 Å². The van der Waals surface area contributed by atoms with Crippen LogP contribution in [0.1, 0.15) is 5.56 Å². The van der Waals surface area contributed by atoms with Gasteiger partial charge in [-0.2, -0.15) is 0 Å². The van der Waals surface area contributed by atoms with E-state index in [-0.39, 0.29) is 11.7 Å². The predicted octanol–water partition coefficient (Wildman–Crippen LogP) is 1.19. The molecule has 1 saturated heterocycles. The number of benzene rings is 1. The summed E-state index contributed by atoms with van der Waals surface area (Å²) < 4.78 is 12.8. The second-order valence-corrected chi connectivity index (χ2v) is 6.95. The summed E-state index contributed by atoms with van der Waals surface area (Å²) >= 11 is 0. The third-order valence-electron chi connectivity index (χ3n) is 5.08. The normalized spacial score (nSPS) is 14.9. The fourth-order valence-corrected chi connectivity index (χ4v) is 3.61. The van der Waals surface area contributed by atoms with Crippen LogP contribution in [0, 0.1) is 0 Å². The minimum atomic E-state index is -0.270. The number of rotatable bonds is 5. The van der Waals surface area contributed by atoms with Crippen LogP contribution >= 0.6 is 0 Å². The first-order chi connectivity index (χ1) is 13.5. The van der Waals surface area contributed by atoms with Crippen molar-refractivity contribution in [2.24, 2.45) is 7.05 Å². The number of fused-ring (bicyclic) bond motifs is 1. The van der Waals surface area contributed by atoms with E-state index in [2.05, 4.69) is 14.9 Å². The Hall–Kier alpha value is -2.97. The quantitative estimate of drug-likeness (QED) is 0.709. The summed E-state index contributed by atoms with van der Waals surface area (Å²) in [6.07, 6.45) is 4.46. The lowest BCUT2D eigenvalue weighted by Gasteiger charge is -2.36. The third kappa shape index (κ3) is 3.10. The van der Waals surface area contributed by atoms with Crippen LogP contribution < -0.4 is 15.0 Å². The van der Waals surface area contributed by atoms with Crippen LogP contribution in [0.4, 0.5) is 0 Å². The van der Waals surface area contributed by atoms with Crippen molar-refractivity contribution in [3.63, 3.8) is 0 Å². The number of methoxy groups -OCH3 is 2. The van der Waals surface area contributed by atoms with Gasteiger partial charge in [-0.1, -0.05) is 0 Å². The van der Waals surface area contributed by atoms with Crippen molar-refractivity contribution in [1.29, 1.82) is 0 Å². The van der Waals surface area contributed by atoms with Gasteiger partial charge in [0.05, 0.1) is 36.8 Å². The van der Waals surface area contributed by atoms with Crippen LogP contribution in [0.3, 0.4) is 0 Å². The van der Waals surface area contributed by atoms with E-state index in [0.717, 1.165) is 16.7 Å². The van der Waals surface area contributed by atoms with Gasteiger partial charge in [-0.15, -0.1) is 0 Å². The number of ether oxygens (including phenoxy) is 2. The van der Waals surface area contributed by atoms with Gasteiger partial charge in [0.2, 0.25) is 0 Å². The zero-order chi connectivity index (χ0) is 19.8. The minimum absolute atomic E-state index is 0.147. The third-order valence-corrected chi connectivity index (χ3v) is 5.08. The molecule has 1 fully saturated rings. The molecular formula is C20H22N4O4. The van der Waals surface area contributed by atoms with Crippen molar-refractivity contribution in [2.45, 2.75) is 12.6 Å². The summed E-state index contributed by atoms with van der Waals surface area (Å²) in [4.78, 5) is 22.8. The first-order valence-electron chi connectivity index (χ1n) is 8.97. The molecule has 0 unspecified atom stereocenters. The van der Waals surface area contributed by atoms with Crippen LogP contribution in [0.15, 0.2) is 35.6 Å². The van der Waals surface area contributed by atoms with Gasteiger partial charge in [0, 0.05) is 44.6 Å². The van der Waals surface area contributed by atoms with Crippen molar-refractivity contribution >= 4 is 10.9 Å². The number of likely N-dealkylation sites (tertiary alicyclic amines) is 1. The van der Waals surface area contributed by atoms with Gasteiger partial charge in [0.15, 0.2) is 0 Å². The SMILES string of the molecule is COc1cc(-c2cn(C)c(=O)c3cncnc23)cc(OC)c1CN1CC(O)C1. The number of β-amino-alcohol motifs (C(OH)–C–C–N with tert-alkyl or cyclic N) is 1. The molecule has 1 aliphatic heterocycles. The average molecular weight is 382 g/mol. The largest absolute Gasteiger partial charge is 0.496 e. The molecule has 0 aliphatic carbocycles. The summed E-state index contributed by atoms with van der Waals surface area (Å²) in [5.74, 6) is 1.37. The number of nitrogens with zero attached hydrogens (tertiary/aromatic N) is 4. The van der Waals surface area contributed by atoms with Gasteiger partial charge in [-0.3, -0.25) is 9.69 Å². The molecular weight excluding hydrogens is 360 g/mol. The summed E-state index contributed by atoms with van der Waals surface area (Å²) in [7, 11) is 4.94. The summed E-state index contributed by atoms with van der Waals surface area (Å²) in [6, 6.07) is 3.85. The molecule has 1 aliphatic rings. The lowest BCUT2D eigenvalue weighted by Crippen LogP contribution is -2.49. The monoisotopic (exact) mass is 382 g/mol. The highest BCUT2D eigenvalue weighted by Gasteiger charge is 2.27. The molecule has 0 bridgehead atoms. The van der Waals surface area contributed by atoms with E-state index in [1.165, 1.54) is 17.1 Å². The molecule has 0 amide bonds. The Morgan fingerprint density at radius 3 is 2.50 bits per heavy atom. The maximum atomic E-state index is 12.4. The molecule has 8 nitrogen and oxygen atoms in total. The molecule has 3 heterocycles. The molecule has 2 aromatic heterocycles. The van der Waals surface area contributed by atoms with E-state index in [1.807, 2.05) is 12.1 Å². The second kappa shape index (κ2) is 7.21. The fraction of sp³-hybridized carbons (Fsp3) is 0.350. The maximum Gasteiger partial charge on any atom is 0.261 e. The van der Waals surface area contributed by atoms with Crippen molar-refractivity contribution in [3.8, 4) is 22.6 Å². The predicted molar refractivity (Wildman–Crippen MR) is 105 cm³/mol. The van der Waals surface area contributed by atoms with E-state index in [0.29, 0.717) is 42.0 Å². The summed E-state index contributed by atoms with van der Waals surface area (Å²) in [5.41, 5.74) is 2.99.